The molecule has 5 nitrogen and oxygen atoms in total. The average molecular weight is 238 g/mol. The number of ether oxygens (including phenoxy) is 1. The van der Waals surface area contributed by atoms with E-state index in [9.17, 15) is 13.2 Å². The van der Waals surface area contributed by atoms with Crippen molar-refractivity contribution in [1.29, 1.82) is 0 Å². The number of carboxylic acid groups (broad SMARTS) is 1. The second kappa shape index (κ2) is 6.07. The lowest BCUT2D eigenvalue weighted by molar-refractivity contribution is -0.141. The number of aliphatic carboxylic acids is 1. The molecule has 6 heteroatoms. The Morgan fingerprint density at radius 3 is 2.33 bits per heavy atom. The number of sulfone groups is 1. The molecule has 15 heavy (non-hydrogen) atoms. The quantitative estimate of drug-likeness (QED) is 0.655. The van der Waals surface area contributed by atoms with Crippen molar-refractivity contribution in [2.24, 2.45) is 5.92 Å². The molecule has 0 aromatic carbocycles. The van der Waals surface area contributed by atoms with Crippen molar-refractivity contribution in [2.45, 2.75) is 25.5 Å². The maximum absolute atomic E-state index is 11.6. The smallest absolute Gasteiger partial charge is 0.307 e. The van der Waals surface area contributed by atoms with Crippen LogP contribution >= 0.6 is 0 Å². The Balaban J connectivity index is 4.39. The van der Waals surface area contributed by atoms with Crippen LogP contribution in [0, 0.1) is 5.92 Å². The molecule has 0 radical (unpaired) electrons. The van der Waals surface area contributed by atoms with Crippen molar-refractivity contribution in [1.82, 2.24) is 0 Å². The standard InChI is InChI=1S/C9H18O5S/c1-7(9(10)11)8(2)15(12,13)6-4-5-14-3/h7-8H,4-6H2,1-3H3,(H,10,11). The minimum Gasteiger partial charge on any atom is -0.481 e. The van der Waals surface area contributed by atoms with E-state index in [-0.39, 0.29) is 5.75 Å². The highest BCUT2D eigenvalue weighted by atomic mass is 32.2. The van der Waals surface area contributed by atoms with Crippen LogP contribution in [0.15, 0.2) is 0 Å². The molecule has 0 bridgehead atoms. The van der Waals surface area contributed by atoms with Gasteiger partial charge in [-0.1, -0.05) is 6.92 Å². The number of hydrogen-bond acceptors (Lipinski definition) is 4. The molecule has 0 amide bonds. The zero-order chi connectivity index (χ0) is 12.1. The molecule has 0 rings (SSSR count). The van der Waals surface area contributed by atoms with Crippen molar-refractivity contribution in [2.75, 3.05) is 19.5 Å². The second-order valence-electron chi connectivity index (χ2n) is 3.55. The van der Waals surface area contributed by atoms with E-state index in [2.05, 4.69) is 0 Å². The van der Waals surface area contributed by atoms with Gasteiger partial charge in [0.15, 0.2) is 9.84 Å². The fraction of sp³-hybridized carbons (Fsp3) is 0.889. The van der Waals surface area contributed by atoms with E-state index in [1.165, 1.54) is 21.0 Å². The largest absolute Gasteiger partial charge is 0.481 e. The molecule has 2 unspecified atom stereocenters. The third kappa shape index (κ3) is 4.61. The normalized spacial score (nSPS) is 15.9. The Bertz CT molecular complexity index is 296. The molecule has 2 atom stereocenters. The lowest BCUT2D eigenvalue weighted by Gasteiger charge is -2.16. The fourth-order valence-electron chi connectivity index (χ4n) is 1.10. The van der Waals surface area contributed by atoms with Crippen molar-refractivity contribution in [3.05, 3.63) is 0 Å². The highest BCUT2D eigenvalue weighted by Crippen LogP contribution is 2.14. The molecule has 0 aliphatic carbocycles. The molecule has 0 spiro atoms. The van der Waals surface area contributed by atoms with E-state index in [1.807, 2.05) is 0 Å². The Hall–Kier alpha value is -0.620. The van der Waals surface area contributed by atoms with Crippen LogP contribution < -0.4 is 0 Å². The van der Waals surface area contributed by atoms with Gasteiger partial charge in [-0.2, -0.15) is 0 Å². The summed E-state index contributed by atoms with van der Waals surface area (Å²) in [5.74, 6) is -1.99. The first-order valence-electron chi connectivity index (χ1n) is 4.76. The SMILES string of the molecule is COCCCS(=O)(=O)C(C)C(C)C(=O)O. The van der Waals surface area contributed by atoms with Crippen LogP contribution in [0.5, 0.6) is 0 Å². The van der Waals surface area contributed by atoms with Gasteiger partial charge in [-0.05, 0) is 13.3 Å². The minimum atomic E-state index is -3.34. The van der Waals surface area contributed by atoms with Gasteiger partial charge in [0, 0.05) is 13.7 Å². The van der Waals surface area contributed by atoms with Crippen molar-refractivity contribution in [3.8, 4) is 0 Å². The summed E-state index contributed by atoms with van der Waals surface area (Å²) in [7, 11) is -1.84. The first kappa shape index (κ1) is 14.4. The first-order valence-corrected chi connectivity index (χ1v) is 6.47. The lowest BCUT2D eigenvalue weighted by atomic mass is 10.1. The van der Waals surface area contributed by atoms with E-state index >= 15 is 0 Å². The number of methoxy groups -OCH3 is 1. The minimum absolute atomic E-state index is 0.0281. The van der Waals surface area contributed by atoms with Crippen molar-refractivity contribution < 1.29 is 23.1 Å². The number of rotatable bonds is 7. The van der Waals surface area contributed by atoms with Gasteiger partial charge in [0.05, 0.1) is 16.9 Å². The van der Waals surface area contributed by atoms with Crippen LogP contribution in [-0.4, -0.2) is 44.2 Å². The highest BCUT2D eigenvalue weighted by Gasteiger charge is 2.30. The predicted octanol–water partition coefficient (Wildman–Crippen LogP) is 0.547. The Kier molecular flexibility index (Phi) is 5.82. The second-order valence-corrected chi connectivity index (χ2v) is 6.02. The summed E-state index contributed by atoms with van der Waals surface area (Å²) in [5.41, 5.74) is 0. The van der Waals surface area contributed by atoms with Gasteiger partial charge in [0.1, 0.15) is 0 Å². The molecule has 0 saturated carbocycles. The zero-order valence-electron chi connectivity index (χ0n) is 9.26. The van der Waals surface area contributed by atoms with Crippen LogP contribution in [0.4, 0.5) is 0 Å². The molecule has 1 N–H and O–H groups in total. The van der Waals surface area contributed by atoms with Gasteiger partial charge in [0.25, 0.3) is 0 Å². The fourth-order valence-corrected chi connectivity index (χ4v) is 2.73. The number of hydrogen-bond donors (Lipinski definition) is 1. The molecule has 90 valence electrons. The van der Waals surface area contributed by atoms with Crippen LogP contribution in [0.3, 0.4) is 0 Å². The lowest BCUT2D eigenvalue weighted by Crippen LogP contribution is -2.32. The average Bonchev–Trinajstić information content (AvgIpc) is 2.15. The highest BCUT2D eigenvalue weighted by molar-refractivity contribution is 7.92. The van der Waals surface area contributed by atoms with Crippen LogP contribution in [0.1, 0.15) is 20.3 Å². The molecular formula is C9H18O5S. The van der Waals surface area contributed by atoms with Gasteiger partial charge in [-0.25, -0.2) is 8.42 Å². The maximum atomic E-state index is 11.6. The van der Waals surface area contributed by atoms with Gasteiger partial charge in [-0.3, -0.25) is 4.79 Å². The van der Waals surface area contributed by atoms with Crippen LogP contribution in [-0.2, 0) is 19.4 Å². The van der Waals surface area contributed by atoms with E-state index in [4.69, 9.17) is 9.84 Å². The summed E-state index contributed by atoms with van der Waals surface area (Å²) in [6.45, 7) is 3.20. The molecule has 0 aromatic heterocycles. The molecule has 0 aliphatic rings. The predicted molar refractivity (Wildman–Crippen MR) is 56.5 cm³/mol. The van der Waals surface area contributed by atoms with Gasteiger partial charge in [0.2, 0.25) is 0 Å². The molecule has 0 aromatic rings. The van der Waals surface area contributed by atoms with Crippen molar-refractivity contribution >= 4 is 15.8 Å². The maximum Gasteiger partial charge on any atom is 0.307 e. The third-order valence-electron chi connectivity index (χ3n) is 2.44. The summed E-state index contributed by atoms with van der Waals surface area (Å²) in [6.07, 6.45) is 0.398. The van der Waals surface area contributed by atoms with Crippen molar-refractivity contribution in [3.63, 3.8) is 0 Å². The third-order valence-corrected chi connectivity index (χ3v) is 4.84. The molecular weight excluding hydrogens is 220 g/mol. The molecule has 0 saturated heterocycles. The number of carbonyl (C=O) groups is 1. The summed E-state index contributed by atoms with van der Waals surface area (Å²) in [6, 6.07) is 0. The molecule has 0 heterocycles. The topological polar surface area (TPSA) is 80.7 Å². The Morgan fingerprint density at radius 2 is 1.93 bits per heavy atom. The van der Waals surface area contributed by atoms with E-state index in [0.717, 1.165) is 0 Å². The molecule has 0 fully saturated rings. The van der Waals surface area contributed by atoms with Gasteiger partial charge < -0.3 is 9.84 Å². The number of carboxylic acids is 1. The first-order chi connectivity index (χ1) is 6.83. The Morgan fingerprint density at radius 1 is 1.40 bits per heavy atom. The summed E-state index contributed by atoms with van der Waals surface area (Å²) < 4.78 is 28.0. The summed E-state index contributed by atoms with van der Waals surface area (Å²) in [4.78, 5) is 10.6. The van der Waals surface area contributed by atoms with Crippen LogP contribution in [0.25, 0.3) is 0 Å². The monoisotopic (exact) mass is 238 g/mol. The van der Waals surface area contributed by atoms with Gasteiger partial charge in [-0.15, -0.1) is 0 Å². The zero-order valence-corrected chi connectivity index (χ0v) is 10.1. The summed E-state index contributed by atoms with van der Waals surface area (Å²) in [5, 5.41) is 7.84. The molecule has 0 aliphatic heterocycles. The van der Waals surface area contributed by atoms with E-state index in [0.29, 0.717) is 13.0 Å². The van der Waals surface area contributed by atoms with Crippen LogP contribution in [0.2, 0.25) is 0 Å². The Labute approximate surface area is 90.4 Å². The summed E-state index contributed by atoms with van der Waals surface area (Å²) >= 11 is 0. The van der Waals surface area contributed by atoms with E-state index in [1.54, 1.807) is 0 Å². The van der Waals surface area contributed by atoms with Gasteiger partial charge >= 0.3 is 5.97 Å². The van der Waals surface area contributed by atoms with E-state index < -0.39 is 27.0 Å².